The highest BCUT2D eigenvalue weighted by atomic mass is 35.5. The summed E-state index contributed by atoms with van der Waals surface area (Å²) in [5.74, 6) is -0.136. The highest BCUT2D eigenvalue weighted by molar-refractivity contribution is 6.21. The molecule has 2 saturated carbocycles. The van der Waals surface area contributed by atoms with Crippen molar-refractivity contribution in [2.45, 2.75) is 117 Å². The molecule has 11 unspecified atom stereocenters. The molecule has 46 heavy (non-hydrogen) atoms. The predicted octanol–water partition coefficient (Wildman–Crippen LogP) is 7.03. The molecule has 4 fully saturated rings. The van der Waals surface area contributed by atoms with E-state index in [9.17, 15) is 14.4 Å². The number of ether oxygens (including phenoxy) is 5. The van der Waals surface area contributed by atoms with Gasteiger partial charge in [0.1, 0.15) is 11.7 Å². The highest BCUT2D eigenvalue weighted by Gasteiger charge is 2.72. The van der Waals surface area contributed by atoms with Crippen LogP contribution in [0.1, 0.15) is 93.4 Å². The Morgan fingerprint density at radius 2 is 1.89 bits per heavy atom. The van der Waals surface area contributed by atoms with Gasteiger partial charge in [-0.15, -0.1) is 11.6 Å². The van der Waals surface area contributed by atoms with Gasteiger partial charge < -0.3 is 28.5 Å². The van der Waals surface area contributed by atoms with Crippen molar-refractivity contribution in [2.24, 2.45) is 51.8 Å². The van der Waals surface area contributed by atoms with Gasteiger partial charge >= 0.3 is 11.9 Å². The fourth-order valence-electron chi connectivity index (χ4n) is 9.55. The van der Waals surface area contributed by atoms with Crippen LogP contribution < -0.4 is 0 Å². The van der Waals surface area contributed by atoms with E-state index in [1.54, 1.807) is 20.8 Å². The number of carbonyl (C=O) groups is 3. The van der Waals surface area contributed by atoms with Crippen molar-refractivity contribution in [1.82, 2.24) is 0 Å². The van der Waals surface area contributed by atoms with E-state index in [0.29, 0.717) is 32.5 Å². The number of esters is 2. The fraction of sp³-hybridized carbons (Fsp3) is 0.811. The van der Waals surface area contributed by atoms with E-state index in [1.165, 1.54) is 0 Å². The third-order valence-electron chi connectivity index (χ3n) is 11.8. The zero-order chi connectivity index (χ0) is 33.6. The maximum atomic E-state index is 14.2. The average Bonchev–Trinajstić information content (AvgIpc) is 3.73. The van der Waals surface area contributed by atoms with Gasteiger partial charge in [0.25, 0.3) is 0 Å². The maximum Gasteiger partial charge on any atom is 0.320 e. The smallest absolute Gasteiger partial charge is 0.320 e. The van der Waals surface area contributed by atoms with Gasteiger partial charge in [0.2, 0.25) is 6.79 Å². The molecule has 0 aromatic rings. The van der Waals surface area contributed by atoms with Crippen LogP contribution in [0.25, 0.3) is 0 Å². The monoisotopic (exact) mass is 662 g/mol. The van der Waals surface area contributed by atoms with Crippen LogP contribution in [0, 0.1) is 51.8 Å². The van der Waals surface area contributed by atoms with Crippen LogP contribution in [0.5, 0.6) is 0 Å². The molecule has 3 aliphatic carbocycles. The summed E-state index contributed by atoms with van der Waals surface area (Å²) in [5.41, 5.74) is -0.636. The quantitative estimate of drug-likeness (QED) is 0.0549. The van der Waals surface area contributed by atoms with Gasteiger partial charge in [-0.1, -0.05) is 45.4 Å². The van der Waals surface area contributed by atoms with Gasteiger partial charge in [0, 0.05) is 29.7 Å². The molecule has 0 aromatic carbocycles. The van der Waals surface area contributed by atoms with Crippen LogP contribution in [-0.2, 0) is 38.1 Å². The van der Waals surface area contributed by atoms with Crippen molar-refractivity contribution >= 4 is 29.8 Å². The first kappa shape index (κ1) is 35.6. The lowest BCUT2D eigenvalue weighted by atomic mass is 9.52. The minimum Gasteiger partial charge on any atom is -0.427 e. The van der Waals surface area contributed by atoms with Gasteiger partial charge in [-0.2, -0.15) is 0 Å². The molecule has 2 aliphatic heterocycles. The Hall–Kier alpha value is -1.74. The molecule has 0 spiro atoms. The second-order valence-corrected chi connectivity index (χ2v) is 16.6. The molecule has 258 valence electrons. The second kappa shape index (κ2) is 13.6. The van der Waals surface area contributed by atoms with E-state index in [1.807, 2.05) is 6.92 Å². The van der Waals surface area contributed by atoms with Crippen LogP contribution >= 0.6 is 11.6 Å². The predicted molar refractivity (Wildman–Crippen MR) is 175 cm³/mol. The number of hydrogen-bond donors (Lipinski definition) is 0. The molecular weight excluding hydrogens is 608 g/mol. The Bertz CT molecular complexity index is 1210. The molecule has 9 heteroatoms. The molecule has 0 aromatic heterocycles. The number of allylic oxidation sites excluding steroid dienone is 1. The minimum atomic E-state index is -1.09. The molecule has 11 atom stereocenters. The number of unbranched alkanes of at least 4 members (excludes halogenated alkanes) is 1. The maximum absolute atomic E-state index is 14.2. The van der Waals surface area contributed by atoms with Crippen LogP contribution in [0.2, 0.25) is 0 Å². The van der Waals surface area contributed by atoms with Crippen LogP contribution in [-0.4, -0.2) is 62.1 Å². The molecule has 2 saturated heterocycles. The first-order valence-electron chi connectivity index (χ1n) is 17.4. The van der Waals surface area contributed by atoms with Gasteiger partial charge in [-0.05, 0) is 95.0 Å². The zero-order valence-electron chi connectivity index (χ0n) is 28.9. The molecule has 2 bridgehead atoms. The van der Waals surface area contributed by atoms with Crippen molar-refractivity contribution < 1.29 is 38.1 Å². The van der Waals surface area contributed by atoms with Gasteiger partial charge in [-0.3, -0.25) is 9.59 Å². The minimum absolute atomic E-state index is 0.0284. The summed E-state index contributed by atoms with van der Waals surface area (Å²) in [7, 11) is 0. The van der Waals surface area contributed by atoms with E-state index in [-0.39, 0.29) is 59.4 Å². The summed E-state index contributed by atoms with van der Waals surface area (Å²) >= 11 is 6.99. The number of carbonyl (C=O) groups excluding carboxylic acids is 3. The van der Waals surface area contributed by atoms with Crippen LogP contribution in [0.15, 0.2) is 23.8 Å². The summed E-state index contributed by atoms with van der Waals surface area (Å²) in [6, 6.07) is 0. The molecule has 5 aliphatic rings. The van der Waals surface area contributed by atoms with Gasteiger partial charge in [0.15, 0.2) is 6.29 Å². The molecule has 8 nitrogen and oxygen atoms in total. The van der Waals surface area contributed by atoms with Crippen molar-refractivity contribution in [3.63, 3.8) is 0 Å². The van der Waals surface area contributed by atoms with Gasteiger partial charge in [0.05, 0.1) is 24.2 Å². The third-order valence-corrected chi connectivity index (χ3v) is 12.4. The summed E-state index contributed by atoms with van der Waals surface area (Å²) < 4.78 is 29.2. The molecule has 0 amide bonds. The largest absolute Gasteiger partial charge is 0.427 e. The van der Waals surface area contributed by atoms with E-state index in [0.717, 1.165) is 43.1 Å². The van der Waals surface area contributed by atoms with Crippen molar-refractivity contribution in [2.75, 3.05) is 20.0 Å². The normalized spacial score (nSPS) is 40.2. The first-order valence-corrected chi connectivity index (χ1v) is 17.8. The number of hydrogen-bond acceptors (Lipinski definition) is 8. The first-order chi connectivity index (χ1) is 21.7. The van der Waals surface area contributed by atoms with E-state index in [4.69, 9.17) is 35.3 Å². The van der Waals surface area contributed by atoms with Crippen molar-refractivity contribution in [3.8, 4) is 0 Å². The molecule has 0 radical (unpaired) electrons. The van der Waals surface area contributed by atoms with Crippen molar-refractivity contribution in [3.05, 3.63) is 23.8 Å². The number of alkyl halides is 1. The van der Waals surface area contributed by atoms with E-state index >= 15 is 0 Å². The van der Waals surface area contributed by atoms with E-state index in [2.05, 4.69) is 33.4 Å². The molecule has 5 rings (SSSR count). The summed E-state index contributed by atoms with van der Waals surface area (Å²) in [4.78, 5) is 40.2. The standard InChI is InChI=1S/C37H55ClO8/c1-21(2)28-13-25-16-36(19-39,37(28,17-25)34(41)45-20-44-33(40)35(6,7)8)29-15-30(38)23(4)26(29)11-9-10-12-42-31-14-27-22(3)18-43-32(27)24(5)46-31/h13,19,21,23-27,29-32H,3,9-12,14-18,20H2,1-2,4-8H3. The Morgan fingerprint density at radius 1 is 1.15 bits per heavy atom. The Kier molecular flexibility index (Phi) is 10.5. The van der Waals surface area contributed by atoms with Gasteiger partial charge in [-0.25, -0.2) is 0 Å². The van der Waals surface area contributed by atoms with Crippen LogP contribution in [0.4, 0.5) is 0 Å². The number of halogens is 1. The molecule has 0 N–H and O–H groups in total. The molecule has 2 heterocycles. The lowest BCUT2D eigenvalue weighted by Gasteiger charge is -2.49. The lowest BCUT2D eigenvalue weighted by molar-refractivity contribution is -0.226. The van der Waals surface area contributed by atoms with Crippen LogP contribution in [0.3, 0.4) is 0 Å². The summed E-state index contributed by atoms with van der Waals surface area (Å²) in [6.45, 7) is 18.5. The Labute approximate surface area is 280 Å². The zero-order valence-corrected chi connectivity index (χ0v) is 29.6. The topological polar surface area (TPSA) is 97.4 Å². The number of aldehydes is 1. The SMILES string of the molecule is C=C1COC2C(C)OC(OCCCCC3C(C)C(Cl)CC3C3(C=O)CC4C=C(C(C)C)C3(C(=O)OCOC(=O)C(C)(C)C)C4)CC12. The highest BCUT2D eigenvalue weighted by Crippen LogP contribution is 2.71. The second-order valence-electron chi connectivity index (χ2n) is 16.0. The lowest BCUT2D eigenvalue weighted by Crippen LogP contribution is -2.53. The Balaban J connectivity index is 1.27. The summed E-state index contributed by atoms with van der Waals surface area (Å²) in [5, 5.41) is -0.0821. The Morgan fingerprint density at radius 3 is 2.57 bits per heavy atom. The third kappa shape index (κ3) is 6.25. The summed E-state index contributed by atoms with van der Waals surface area (Å²) in [6.07, 6.45) is 8.33. The van der Waals surface area contributed by atoms with E-state index < -0.39 is 35.0 Å². The molecular formula is C37H55ClO8. The fourth-order valence-corrected chi connectivity index (χ4v) is 9.93. The average molecular weight is 663 g/mol. The number of rotatable bonds is 12. The number of fused-ring (bicyclic) bond motifs is 3. The van der Waals surface area contributed by atoms with Crippen molar-refractivity contribution in [1.29, 1.82) is 0 Å².